The zero-order chi connectivity index (χ0) is 18.9. The highest BCUT2D eigenvalue weighted by Crippen LogP contribution is 2.17. The van der Waals surface area contributed by atoms with Crippen LogP contribution in [0.25, 0.3) is 0 Å². The molecule has 1 aliphatic rings. The Labute approximate surface area is 164 Å². The minimum atomic E-state index is -0.210. The first-order valence-corrected chi connectivity index (χ1v) is 10.3. The number of carbonyl (C=O) groups excluding carboxylic acids is 2. The summed E-state index contributed by atoms with van der Waals surface area (Å²) in [6.45, 7) is 2.79. The van der Waals surface area contributed by atoms with E-state index in [-0.39, 0.29) is 17.8 Å². The smallest absolute Gasteiger partial charge is 0.320 e. The maximum atomic E-state index is 12.3. The van der Waals surface area contributed by atoms with Gasteiger partial charge in [-0.2, -0.15) is 0 Å². The van der Waals surface area contributed by atoms with Crippen LogP contribution in [0.15, 0.2) is 47.8 Å². The maximum Gasteiger partial charge on any atom is 0.320 e. The number of piperidine rings is 1. The molecule has 2 heterocycles. The van der Waals surface area contributed by atoms with Crippen LogP contribution in [-0.4, -0.2) is 43.0 Å². The van der Waals surface area contributed by atoms with Crippen LogP contribution in [0.5, 0.6) is 0 Å². The number of nitrogens with one attached hydrogen (secondary N) is 1. The zero-order valence-electron chi connectivity index (χ0n) is 15.4. The Morgan fingerprint density at radius 3 is 2.59 bits per heavy atom. The van der Waals surface area contributed by atoms with Crippen LogP contribution in [-0.2, 0) is 27.4 Å². The zero-order valence-corrected chi connectivity index (χ0v) is 16.2. The number of nitrogens with zero attached hydrogens (tertiary/aromatic N) is 1. The molecule has 5 nitrogen and oxygen atoms in total. The Morgan fingerprint density at radius 1 is 1.11 bits per heavy atom. The first-order chi connectivity index (χ1) is 13.2. The minimum absolute atomic E-state index is 0.0462. The average Bonchev–Trinajstić information content (AvgIpc) is 3.21. The maximum absolute atomic E-state index is 12.3. The van der Waals surface area contributed by atoms with E-state index in [2.05, 4.69) is 21.7 Å². The van der Waals surface area contributed by atoms with E-state index in [4.69, 9.17) is 4.74 Å². The van der Waals surface area contributed by atoms with Gasteiger partial charge in [0, 0.05) is 17.3 Å². The highest BCUT2D eigenvalue weighted by molar-refractivity contribution is 7.09. The fourth-order valence-electron chi connectivity index (χ4n) is 3.23. The highest BCUT2D eigenvalue weighted by Gasteiger charge is 2.25. The van der Waals surface area contributed by atoms with Gasteiger partial charge < -0.3 is 10.1 Å². The number of hydrogen-bond donors (Lipinski definition) is 1. The fourth-order valence-corrected chi connectivity index (χ4v) is 3.94. The van der Waals surface area contributed by atoms with Gasteiger partial charge in [-0.25, -0.2) is 0 Å². The largest absolute Gasteiger partial charge is 0.460 e. The molecule has 27 heavy (non-hydrogen) atoms. The van der Waals surface area contributed by atoms with Gasteiger partial charge in [0.05, 0.1) is 6.54 Å². The Morgan fingerprint density at radius 2 is 1.89 bits per heavy atom. The van der Waals surface area contributed by atoms with Gasteiger partial charge in [0.25, 0.3) is 0 Å². The van der Waals surface area contributed by atoms with Crippen molar-refractivity contribution in [3.8, 4) is 0 Å². The summed E-state index contributed by atoms with van der Waals surface area (Å²) in [5.41, 5.74) is 0.990. The topological polar surface area (TPSA) is 58.6 Å². The van der Waals surface area contributed by atoms with E-state index in [1.165, 1.54) is 4.88 Å². The number of thiophene rings is 1. The van der Waals surface area contributed by atoms with Crippen LogP contribution in [0.3, 0.4) is 0 Å². The van der Waals surface area contributed by atoms with Crippen LogP contribution >= 0.6 is 11.3 Å². The van der Waals surface area contributed by atoms with Gasteiger partial charge in [-0.15, -0.1) is 11.3 Å². The lowest BCUT2D eigenvalue weighted by atomic mass is 9.96. The molecule has 0 bridgehead atoms. The fraction of sp³-hybridized carbons (Fsp3) is 0.429. The summed E-state index contributed by atoms with van der Waals surface area (Å²) in [6.07, 6.45) is 2.46. The van der Waals surface area contributed by atoms with Crippen molar-refractivity contribution >= 4 is 23.2 Å². The van der Waals surface area contributed by atoms with Gasteiger partial charge in [-0.1, -0.05) is 36.4 Å². The Bertz CT molecular complexity index is 710. The van der Waals surface area contributed by atoms with Crippen LogP contribution < -0.4 is 5.32 Å². The van der Waals surface area contributed by atoms with Crippen molar-refractivity contribution in [1.29, 1.82) is 0 Å². The van der Waals surface area contributed by atoms with Crippen molar-refractivity contribution in [1.82, 2.24) is 10.2 Å². The number of benzene rings is 1. The van der Waals surface area contributed by atoms with E-state index in [1.807, 2.05) is 36.4 Å². The number of hydrogen-bond acceptors (Lipinski definition) is 5. The molecule has 0 radical (unpaired) electrons. The summed E-state index contributed by atoms with van der Waals surface area (Å²) >= 11 is 1.72. The highest BCUT2D eigenvalue weighted by atomic mass is 32.1. The molecule has 6 heteroatoms. The van der Waals surface area contributed by atoms with E-state index < -0.39 is 0 Å². The van der Waals surface area contributed by atoms with Crippen molar-refractivity contribution in [2.45, 2.75) is 25.9 Å². The number of carbonyl (C=O) groups is 2. The minimum Gasteiger partial charge on any atom is -0.460 e. The predicted octanol–water partition coefficient (Wildman–Crippen LogP) is 2.86. The van der Waals surface area contributed by atoms with Crippen molar-refractivity contribution in [3.05, 3.63) is 58.3 Å². The summed E-state index contributed by atoms with van der Waals surface area (Å²) in [6, 6.07) is 13.8. The summed E-state index contributed by atoms with van der Waals surface area (Å²) in [4.78, 5) is 27.7. The van der Waals surface area contributed by atoms with Crippen molar-refractivity contribution in [2.75, 3.05) is 26.2 Å². The van der Waals surface area contributed by atoms with Gasteiger partial charge in [0.1, 0.15) is 6.61 Å². The summed E-state index contributed by atoms with van der Waals surface area (Å²) in [7, 11) is 0. The molecule has 1 saturated heterocycles. The number of amides is 1. The van der Waals surface area contributed by atoms with Crippen molar-refractivity contribution in [2.24, 2.45) is 5.92 Å². The summed E-state index contributed by atoms with van der Waals surface area (Å²) < 4.78 is 5.33. The van der Waals surface area contributed by atoms with Crippen LogP contribution in [0.2, 0.25) is 0 Å². The summed E-state index contributed by atoms with van der Waals surface area (Å²) in [5, 5.41) is 5.10. The molecule has 1 N–H and O–H groups in total. The quantitative estimate of drug-likeness (QED) is 0.709. The van der Waals surface area contributed by atoms with E-state index in [0.717, 1.165) is 37.9 Å². The SMILES string of the molecule is O=C(CN1CCC(C(=O)NCCc2cccs2)CC1)OCc1ccccc1. The molecule has 2 aromatic rings. The van der Waals surface area contributed by atoms with Gasteiger partial charge in [0.2, 0.25) is 5.91 Å². The third-order valence-corrected chi connectivity index (χ3v) is 5.74. The average molecular weight is 387 g/mol. The molecule has 0 atom stereocenters. The first kappa shape index (κ1) is 19.6. The van der Waals surface area contributed by atoms with Crippen molar-refractivity contribution in [3.63, 3.8) is 0 Å². The van der Waals surface area contributed by atoms with Gasteiger partial charge >= 0.3 is 5.97 Å². The first-order valence-electron chi connectivity index (χ1n) is 9.42. The molecule has 144 valence electrons. The van der Waals surface area contributed by atoms with E-state index in [9.17, 15) is 9.59 Å². The van der Waals surface area contributed by atoms with Crippen LogP contribution in [0.4, 0.5) is 0 Å². The standard InChI is InChI=1S/C21H26N2O3S/c24-20(26-16-17-5-2-1-3-6-17)15-23-12-9-18(10-13-23)21(25)22-11-8-19-7-4-14-27-19/h1-7,14,18H,8-13,15-16H2,(H,22,25). The second-order valence-corrected chi connectivity index (χ2v) is 7.85. The van der Waals surface area contributed by atoms with E-state index in [0.29, 0.717) is 19.7 Å². The van der Waals surface area contributed by atoms with E-state index >= 15 is 0 Å². The molecule has 1 amide bonds. The predicted molar refractivity (Wildman–Crippen MR) is 106 cm³/mol. The molecular formula is C21H26N2O3S. The molecule has 1 aliphatic heterocycles. The Balaban J connectivity index is 1.31. The van der Waals surface area contributed by atoms with Crippen LogP contribution in [0, 0.1) is 5.92 Å². The molecular weight excluding hydrogens is 360 g/mol. The third kappa shape index (κ3) is 6.48. The lowest BCUT2D eigenvalue weighted by molar-refractivity contribution is -0.146. The molecule has 1 aromatic heterocycles. The molecule has 0 unspecified atom stereocenters. The molecule has 1 fully saturated rings. The molecule has 1 aromatic carbocycles. The number of ether oxygens (including phenoxy) is 1. The summed E-state index contributed by atoms with van der Waals surface area (Å²) in [5.74, 6) is -0.0273. The van der Waals surface area contributed by atoms with Crippen molar-refractivity contribution < 1.29 is 14.3 Å². The molecule has 0 spiro atoms. The van der Waals surface area contributed by atoms with Gasteiger partial charge in [0.15, 0.2) is 0 Å². The number of esters is 1. The molecule has 3 rings (SSSR count). The Kier molecular flexibility index (Phi) is 7.42. The van der Waals surface area contributed by atoms with Gasteiger partial charge in [-0.05, 0) is 49.4 Å². The normalized spacial score (nSPS) is 15.4. The van der Waals surface area contributed by atoms with E-state index in [1.54, 1.807) is 11.3 Å². The third-order valence-electron chi connectivity index (χ3n) is 4.80. The number of likely N-dealkylation sites (tertiary alicyclic amines) is 1. The van der Waals surface area contributed by atoms with Gasteiger partial charge in [-0.3, -0.25) is 14.5 Å². The second kappa shape index (κ2) is 10.2. The lowest BCUT2D eigenvalue weighted by Gasteiger charge is -2.30. The Hall–Kier alpha value is -2.18. The molecule has 0 saturated carbocycles. The molecule has 0 aliphatic carbocycles. The number of rotatable bonds is 8. The lowest BCUT2D eigenvalue weighted by Crippen LogP contribution is -2.42. The monoisotopic (exact) mass is 386 g/mol. The van der Waals surface area contributed by atoms with Crippen LogP contribution in [0.1, 0.15) is 23.3 Å². The second-order valence-electron chi connectivity index (χ2n) is 6.82.